The van der Waals surface area contributed by atoms with E-state index in [1.54, 1.807) is 27.7 Å². The van der Waals surface area contributed by atoms with Crippen LogP contribution in [0.25, 0.3) is 10.2 Å². The maximum absolute atomic E-state index is 12.4. The largest absolute Gasteiger partial charge is 0.328 e. The zero-order chi connectivity index (χ0) is 16.5. The molecule has 0 unspecified atom stereocenters. The van der Waals surface area contributed by atoms with Crippen LogP contribution in [0.1, 0.15) is 42.2 Å². The molecule has 2 heterocycles. The van der Waals surface area contributed by atoms with Crippen molar-refractivity contribution in [1.82, 2.24) is 20.0 Å². The Labute approximate surface area is 142 Å². The second-order valence-electron chi connectivity index (χ2n) is 6.14. The molecule has 0 atom stereocenters. The first-order valence-electron chi connectivity index (χ1n) is 8.01. The lowest BCUT2D eigenvalue weighted by atomic mass is 9.92. The normalized spacial score (nSPS) is 21.0. The van der Waals surface area contributed by atoms with Crippen LogP contribution < -0.4 is 11.1 Å². The lowest BCUT2D eigenvalue weighted by molar-refractivity contribution is 0.102. The van der Waals surface area contributed by atoms with Gasteiger partial charge in [0.1, 0.15) is 0 Å². The molecule has 3 aromatic rings. The van der Waals surface area contributed by atoms with Gasteiger partial charge in [0.05, 0.1) is 28.0 Å². The molecular weight excluding hydrogens is 324 g/mol. The summed E-state index contributed by atoms with van der Waals surface area (Å²) < 4.78 is 2.89. The number of carbonyl (C=O) groups excluding carboxylic acids is 1. The van der Waals surface area contributed by atoms with E-state index in [4.69, 9.17) is 5.73 Å². The summed E-state index contributed by atoms with van der Waals surface area (Å²) in [5.41, 5.74) is 9.62. The molecule has 2 aromatic heterocycles. The Bertz CT molecular complexity index is 864. The van der Waals surface area contributed by atoms with Crippen LogP contribution in [0, 0.1) is 0 Å². The summed E-state index contributed by atoms with van der Waals surface area (Å²) in [5, 5.41) is 11.0. The number of nitrogens with two attached hydrogens (primary N) is 1. The van der Waals surface area contributed by atoms with Crippen molar-refractivity contribution in [1.29, 1.82) is 0 Å². The zero-order valence-electron chi connectivity index (χ0n) is 13.1. The number of hydrogen-bond acceptors (Lipinski definition) is 6. The highest BCUT2D eigenvalue weighted by atomic mass is 32.1. The molecule has 0 radical (unpaired) electrons. The fraction of sp³-hybridized carbons (Fsp3) is 0.375. The SMILES string of the molecule is NC1CCC(n2cc(C(=O)Nc3ccc4scnc4c3)nn2)CC1. The topological polar surface area (TPSA) is 98.7 Å². The van der Waals surface area contributed by atoms with Gasteiger partial charge in [0.15, 0.2) is 5.69 Å². The van der Waals surface area contributed by atoms with Gasteiger partial charge in [-0.25, -0.2) is 9.67 Å². The Morgan fingerprint density at radius 3 is 2.96 bits per heavy atom. The maximum Gasteiger partial charge on any atom is 0.277 e. The number of nitrogens with one attached hydrogen (secondary N) is 1. The molecule has 1 saturated carbocycles. The quantitative estimate of drug-likeness (QED) is 0.762. The number of carbonyl (C=O) groups is 1. The van der Waals surface area contributed by atoms with E-state index in [0.717, 1.165) is 35.9 Å². The number of nitrogens with zero attached hydrogens (tertiary/aromatic N) is 4. The summed E-state index contributed by atoms with van der Waals surface area (Å²) in [4.78, 5) is 16.6. The van der Waals surface area contributed by atoms with Gasteiger partial charge in [0.25, 0.3) is 5.91 Å². The molecule has 3 N–H and O–H groups in total. The van der Waals surface area contributed by atoms with Crippen LogP contribution >= 0.6 is 11.3 Å². The van der Waals surface area contributed by atoms with Crippen LogP contribution in [0.2, 0.25) is 0 Å². The number of amides is 1. The summed E-state index contributed by atoms with van der Waals surface area (Å²) in [5.74, 6) is -0.261. The highest BCUT2D eigenvalue weighted by Crippen LogP contribution is 2.27. The third kappa shape index (κ3) is 3.02. The van der Waals surface area contributed by atoms with Gasteiger partial charge < -0.3 is 11.1 Å². The second kappa shape index (κ2) is 6.29. The van der Waals surface area contributed by atoms with Crippen LogP contribution in [0.4, 0.5) is 5.69 Å². The molecule has 4 rings (SSSR count). The van der Waals surface area contributed by atoms with Gasteiger partial charge in [-0.2, -0.15) is 0 Å². The molecule has 0 spiro atoms. The Kier molecular flexibility index (Phi) is 3.99. The number of hydrogen-bond donors (Lipinski definition) is 2. The minimum atomic E-state index is -0.261. The smallest absolute Gasteiger partial charge is 0.277 e. The van der Waals surface area contributed by atoms with Gasteiger partial charge in [-0.1, -0.05) is 5.21 Å². The van der Waals surface area contributed by atoms with E-state index >= 15 is 0 Å². The van der Waals surface area contributed by atoms with Gasteiger partial charge in [-0.15, -0.1) is 16.4 Å². The highest BCUT2D eigenvalue weighted by molar-refractivity contribution is 7.16. The monoisotopic (exact) mass is 342 g/mol. The molecule has 1 fully saturated rings. The van der Waals surface area contributed by atoms with Gasteiger partial charge in [-0.05, 0) is 43.9 Å². The minimum Gasteiger partial charge on any atom is -0.328 e. The van der Waals surface area contributed by atoms with E-state index in [-0.39, 0.29) is 18.0 Å². The molecular formula is C16H18N6OS. The average Bonchev–Trinajstić information content (AvgIpc) is 3.24. The van der Waals surface area contributed by atoms with Crippen molar-refractivity contribution in [2.45, 2.75) is 37.8 Å². The first-order valence-corrected chi connectivity index (χ1v) is 8.89. The predicted octanol–water partition coefficient (Wildman–Crippen LogP) is 2.58. The van der Waals surface area contributed by atoms with Crippen molar-refractivity contribution in [2.75, 3.05) is 5.32 Å². The van der Waals surface area contributed by atoms with Gasteiger partial charge in [0.2, 0.25) is 0 Å². The Morgan fingerprint density at radius 1 is 1.29 bits per heavy atom. The lowest BCUT2D eigenvalue weighted by Gasteiger charge is -2.25. The second-order valence-corrected chi connectivity index (χ2v) is 7.03. The number of benzene rings is 1. The third-order valence-corrected chi connectivity index (χ3v) is 5.26. The number of rotatable bonds is 3. The van der Waals surface area contributed by atoms with E-state index in [2.05, 4.69) is 20.6 Å². The molecule has 7 nitrogen and oxygen atoms in total. The fourth-order valence-corrected chi connectivity index (χ4v) is 3.71. The van der Waals surface area contributed by atoms with Crippen molar-refractivity contribution in [3.8, 4) is 0 Å². The average molecular weight is 342 g/mol. The van der Waals surface area contributed by atoms with Crippen LogP contribution in [-0.4, -0.2) is 31.9 Å². The molecule has 1 aliphatic rings. The first kappa shape index (κ1) is 15.2. The standard InChI is InChI=1S/C16H18N6OS/c17-10-1-4-12(5-2-10)22-8-14(20-21-22)16(23)19-11-3-6-15-13(7-11)18-9-24-15/h3,6-10,12H,1-2,4-5,17H2,(H,19,23). The molecule has 1 amide bonds. The van der Waals surface area contributed by atoms with E-state index < -0.39 is 0 Å². The maximum atomic E-state index is 12.4. The molecule has 0 aliphatic heterocycles. The summed E-state index contributed by atoms with van der Waals surface area (Å²) in [6.45, 7) is 0. The number of fused-ring (bicyclic) bond motifs is 1. The van der Waals surface area contributed by atoms with E-state index in [1.807, 2.05) is 18.2 Å². The highest BCUT2D eigenvalue weighted by Gasteiger charge is 2.22. The molecule has 0 saturated heterocycles. The molecule has 1 aromatic carbocycles. The van der Waals surface area contributed by atoms with Gasteiger partial charge >= 0.3 is 0 Å². The molecule has 1 aliphatic carbocycles. The minimum absolute atomic E-state index is 0.261. The van der Waals surface area contributed by atoms with Gasteiger partial charge in [0, 0.05) is 11.7 Å². The van der Waals surface area contributed by atoms with Crippen LogP contribution in [0.15, 0.2) is 29.9 Å². The Balaban J connectivity index is 1.46. The number of thiazole rings is 1. The third-order valence-electron chi connectivity index (χ3n) is 4.45. The molecule has 124 valence electrons. The van der Waals surface area contributed by atoms with Gasteiger partial charge in [-0.3, -0.25) is 4.79 Å². The summed E-state index contributed by atoms with van der Waals surface area (Å²) in [6.07, 6.45) is 5.65. The van der Waals surface area contributed by atoms with Crippen LogP contribution in [0.5, 0.6) is 0 Å². The van der Waals surface area contributed by atoms with Crippen molar-refractivity contribution in [3.63, 3.8) is 0 Å². The lowest BCUT2D eigenvalue weighted by Crippen LogP contribution is -2.28. The summed E-state index contributed by atoms with van der Waals surface area (Å²) in [7, 11) is 0. The van der Waals surface area contributed by atoms with Crippen molar-refractivity contribution >= 4 is 33.1 Å². The fourth-order valence-electron chi connectivity index (χ4n) is 3.06. The van der Waals surface area contributed by atoms with E-state index in [1.165, 1.54) is 0 Å². The Morgan fingerprint density at radius 2 is 2.12 bits per heavy atom. The molecule has 24 heavy (non-hydrogen) atoms. The predicted molar refractivity (Wildman–Crippen MR) is 93.1 cm³/mol. The van der Waals surface area contributed by atoms with Crippen molar-refractivity contribution < 1.29 is 4.79 Å². The summed E-state index contributed by atoms with van der Waals surface area (Å²) >= 11 is 1.57. The van der Waals surface area contributed by atoms with Crippen LogP contribution in [0.3, 0.4) is 0 Å². The first-order chi connectivity index (χ1) is 11.7. The number of anilines is 1. The number of aromatic nitrogens is 4. The zero-order valence-corrected chi connectivity index (χ0v) is 13.9. The van der Waals surface area contributed by atoms with E-state index in [0.29, 0.717) is 11.4 Å². The van der Waals surface area contributed by atoms with E-state index in [9.17, 15) is 4.79 Å². The van der Waals surface area contributed by atoms with Crippen LogP contribution in [-0.2, 0) is 0 Å². The van der Waals surface area contributed by atoms with Crippen molar-refractivity contribution in [2.24, 2.45) is 5.73 Å². The molecule has 8 heteroatoms. The Hall–Kier alpha value is -2.32. The summed E-state index contributed by atoms with van der Waals surface area (Å²) in [6, 6.07) is 6.24. The molecule has 0 bridgehead atoms. The van der Waals surface area contributed by atoms with Crippen molar-refractivity contribution in [3.05, 3.63) is 35.6 Å².